The van der Waals surface area contributed by atoms with Gasteiger partial charge in [0.05, 0.1) is 25.3 Å². The second kappa shape index (κ2) is 7.21. The van der Waals surface area contributed by atoms with Crippen LogP contribution in [0.4, 0.5) is 8.78 Å². The fourth-order valence-corrected chi connectivity index (χ4v) is 1.87. The maximum absolute atomic E-state index is 14.2. The summed E-state index contributed by atoms with van der Waals surface area (Å²) >= 11 is 0. The maximum Gasteiger partial charge on any atom is 0.343 e. The molecule has 0 atom stereocenters. The Bertz CT molecular complexity index is 666. The molecule has 1 fully saturated rings. The summed E-state index contributed by atoms with van der Waals surface area (Å²) in [6.45, 7) is 1.69. The van der Waals surface area contributed by atoms with E-state index in [-0.39, 0.29) is 23.8 Å². The highest BCUT2D eigenvalue weighted by Crippen LogP contribution is 2.29. The van der Waals surface area contributed by atoms with Crippen LogP contribution >= 0.6 is 0 Å². The minimum absolute atomic E-state index is 0.0854. The van der Waals surface area contributed by atoms with E-state index in [9.17, 15) is 18.7 Å². The average Bonchev–Trinajstić information content (AvgIpc) is 3.32. The van der Waals surface area contributed by atoms with Gasteiger partial charge in [-0.05, 0) is 31.9 Å². The summed E-state index contributed by atoms with van der Waals surface area (Å²) in [4.78, 5) is 16.1. The monoisotopic (exact) mass is 325 g/mol. The zero-order chi connectivity index (χ0) is 17.0. The van der Waals surface area contributed by atoms with Crippen LogP contribution in [0, 0.1) is 11.6 Å². The Kier molecular flexibility index (Phi) is 5.31. The molecule has 0 aliphatic heterocycles. The highest BCUT2D eigenvalue weighted by molar-refractivity contribution is 6.15. The quantitative estimate of drug-likeness (QED) is 0.378. The number of rotatable bonds is 6. The largest absolute Gasteiger partial charge is 0.506 e. The van der Waals surface area contributed by atoms with Crippen LogP contribution in [-0.4, -0.2) is 37.0 Å². The van der Waals surface area contributed by atoms with Gasteiger partial charge in [-0.3, -0.25) is 4.99 Å². The van der Waals surface area contributed by atoms with Crippen LogP contribution < -0.4 is 4.74 Å². The molecular weight excluding hydrogens is 308 g/mol. The van der Waals surface area contributed by atoms with Crippen molar-refractivity contribution in [3.63, 3.8) is 0 Å². The van der Waals surface area contributed by atoms with E-state index in [0.717, 1.165) is 32.1 Å². The number of hydrogen-bond acceptors (Lipinski definition) is 5. The number of aliphatic hydroxyl groups is 1. The van der Waals surface area contributed by atoms with E-state index in [1.165, 1.54) is 6.21 Å². The molecule has 1 aliphatic carbocycles. The normalized spacial score (nSPS) is 15.5. The zero-order valence-electron chi connectivity index (χ0n) is 12.8. The highest BCUT2D eigenvalue weighted by Gasteiger charge is 2.24. The van der Waals surface area contributed by atoms with Crippen molar-refractivity contribution in [1.82, 2.24) is 0 Å². The standard InChI is InChI=1S/C16H17F2NO4/c1-3-23-16(21)11(8-19-9-4-5-9)14(20)10-6-7-12(17)15(22-2)13(10)18/h6-9,20H,3-5H2,1-2H3/b14-11-,19-8?. The lowest BCUT2D eigenvalue weighted by molar-refractivity contribution is -0.137. The van der Waals surface area contributed by atoms with Crippen LogP contribution in [0.1, 0.15) is 25.3 Å². The molecule has 0 amide bonds. The Morgan fingerprint density at radius 3 is 2.70 bits per heavy atom. The first-order chi connectivity index (χ1) is 11.0. The highest BCUT2D eigenvalue weighted by atomic mass is 19.1. The van der Waals surface area contributed by atoms with Crippen molar-refractivity contribution in [2.75, 3.05) is 13.7 Å². The van der Waals surface area contributed by atoms with Crippen LogP contribution in [0.5, 0.6) is 5.75 Å². The zero-order valence-corrected chi connectivity index (χ0v) is 12.8. The molecule has 23 heavy (non-hydrogen) atoms. The molecule has 0 aromatic heterocycles. The lowest BCUT2D eigenvalue weighted by Gasteiger charge is -2.10. The van der Waals surface area contributed by atoms with Gasteiger partial charge in [-0.1, -0.05) is 0 Å². The Morgan fingerprint density at radius 1 is 1.43 bits per heavy atom. The van der Waals surface area contributed by atoms with Crippen LogP contribution in [0.2, 0.25) is 0 Å². The van der Waals surface area contributed by atoms with E-state index in [1.54, 1.807) is 6.92 Å². The number of carbonyl (C=O) groups excluding carboxylic acids is 1. The number of halogens is 2. The van der Waals surface area contributed by atoms with E-state index in [2.05, 4.69) is 9.73 Å². The molecule has 0 spiro atoms. The molecule has 1 aliphatic rings. The summed E-state index contributed by atoms with van der Waals surface area (Å²) in [6, 6.07) is 2.06. The van der Waals surface area contributed by atoms with E-state index in [0.29, 0.717) is 0 Å². The van der Waals surface area contributed by atoms with Crippen molar-refractivity contribution in [3.8, 4) is 5.75 Å². The summed E-state index contributed by atoms with van der Waals surface area (Å²) in [5, 5.41) is 10.3. The van der Waals surface area contributed by atoms with Gasteiger partial charge in [0.1, 0.15) is 11.3 Å². The number of nitrogens with zero attached hydrogens (tertiary/aromatic N) is 1. The summed E-state index contributed by atoms with van der Waals surface area (Å²) < 4.78 is 37.2. The van der Waals surface area contributed by atoms with Gasteiger partial charge in [-0.25, -0.2) is 13.6 Å². The van der Waals surface area contributed by atoms with Gasteiger partial charge < -0.3 is 14.6 Å². The third-order valence-electron chi connectivity index (χ3n) is 3.22. The molecule has 1 aromatic rings. The van der Waals surface area contributed by atoms with E-state index in [4.69, 9.17) is 4.74 Å². The number of aliphatic imine (C=N–C) groups is 1. The Labute approximate surface area is 132 Å². The molecule has 0 bridgehead atoms. The molecule has 0 unspecified atom stereocenters. The molecule has 1 aromatic carbocycles. The predicted octanol–water partition coefficient (Wildman–Crippen LogP) is 3.04. The molecule has 0 heterocycles. The molecule has 1 saturated carbocycles. The van der Waals surface area contributed by atoms with Crippen molar-refractivity contribution >= 4 is 17.9 Å². The van der Waals surface area contributed by atoms with Gasteiger partial charge in [0.25, 0.3) is 0 Å². The fourth-order valence-electron chi connectivity index (χ4n) is 1.87. The number of benzene rings is 1. The van der Waals surface area contributed by atoms with Gasteiger partial charge in [0.15, 0.2) is 17.4 Å². The lowest BCUT2D eigenvalue weighted by atomic mass is 10.1. The van der Waals surface area contributed by atoms with Crippen LogP contribution in [0.25, 0.3) is 5.76 Å². The molecular formula is C16H17F2NO4. The lowest BCUT2D eigenvalue weighted by Crippen LogP contribution is -2.12. The SMILES string of the molecule is CCOC(=O)/C(C=NC1CC1)=C(\O)c1ccc(F)c(OC)c1F. The summed E-state index contributed by atoms with van der Waals surface area (Å²) in [6.07, 6.45) is 2.96. The molecule has 2 rings (SSSR count). The first-order valence-electron chi connectivity index (χ1n) is 7.15. The number of carbonyl (C=O) groups is 1. The van der Waals surface area contributed by atoms with Gasteiger partial charge in [0, 0.05) is 6.21 Å². The van der Waals surface area contributed by atoms with Crippen molar-refractivity contribution in [2.45, 2.75) is 25.8 Å². The summed E-state index contributed by atoms with van der Waals surface area (Å²) in [7, 11) is 1.10. The van der Waals surface area contributed by atoms with Gasteiger partial charge >= 0.3 is 5.97 Å². The van der Waals surface area contributed by atoms with Gasteiger partial charge in [-0.2, -0.15) is 0 Å². The third kappa shape index (κ3) is 3.85. The second-order valence-electron chi connectivity index (χ2n) is 4.93. The molecule has 0 radical (unpaired) electrons. The predicted molar refractivity (Wildman–Crippen MR) is 80.6 cm³/mol. The van der Waals surface area contributed by atoms with E-state index in [1.807, 2.05) is 0 Å². The van der Waals surface area contributed by atoms with Crippen molar-refractivity contribution in [1.29, 1.82) is 0 Å². The Balaban J connectivity index is 2.50. The first kappa shape index (κ1) is 16.9. The van der Waals surface area contributed by atoms with E-state index >= 15 is 0 Å². The molecule has 124 valence electrons. The molecule has 7 heteroatoms. The fraction of sp³-hybridized carbons (Fsp3) is 0.375. The van der Waals surface area contributed by atoms with Crippen molar-refractivity contribution in [2.24, 2.45) is 4.99 Å². The molecule has 5 nitrogen and oxygen atoms in total. The Hall–Kier alpha value is -2.44. The summed E-state index contributed by atoms with van der Waals surface area (Å²) in [5.74, 6) is -4.17. The molecule has 0 saturated heterocycles. The minimum Gasteiger partial charge on any atom is -0.506 e. The topological polar surface area (TPSA) is 68.1 Å². The second-order valence-corrected chi connectivity index (χ2v) is 4.93. The smallest absolute Gasteiger partial charge is 0.343 e. The van der Waals surface area contributed by atoms with Crippen molar-refractivity contribution in [3.05, 3.63) is 34.9 Å². The Morgan fingerprint density at radius 2 is 2.13 bits per heavy atom. The van der Waals surface area contributed by atoms with E-state index < -0.39 is 29.1 Å². The van der Waals surface area contributed by atoms with Gasteiger partial charge in [0.2, 0.25) is 0 Å². The number of methoxy groups -OCH3 is 1. The van der Waals surface area contributed by atoms with Crippen molar-refractivity contribution < 1.29 is 28.2 Å². The minimum atomic E-state index is -1.10. The maximum atomic E-state index is 14.2. The number of hydrogen-bond donors (Lipinski definition) is 1. The van der Waals surface area contributed by atoms with Gasteiger partial charge in [-0.15, -0.1) is 0 Å². The number of esters is 1. The average molecular weight is 325 g/mol. The first-order valence-corrected chi connectivity index (χ1v) is 7.15. The summed E-state index contributed by atoms with van der Waals surface area (Å²) in [5.41, 5.74) is -0.653. The van der Waals surface area contributed by atoms with Crippen LogP contribution in [-0.2, 0) is 9.53 Å². The number of ether oxygens (including phenoxy) is 2. The van der Waals surface area contributed by atoms with Crippen LogP contribution in [0.15, 0.2) is 22.7 Å². The number of aliphatic hydroxyl groups excluding tert-OH is 1. The van der Waals surface area contributed by atoms with Crippen LogP contribution in [0.3, 0.4) is 0 Å². The molecule has 1 N–H and O–H groups in total. The third-order valence-corrected chi connectivity index (χ3v) is 3.22.